The summed E-state index contributed by atoms with van der Waals surface area (Å²) < 4.78 is 5.37. The lowest BCUT2D eigenvalue weighted by Gasteiger charge is -2.23. The number of hydrogen-bond donors (Lipinski definition) is 0. The second-order valence-corrected chi connectivity index (χ2v) is 8.61. The lowest BCUT2D eigenvalue weighted by Crippen LogP contribution is -2.11. The molecule has 1 aromatic rings. The molecular weight excluding hydrogens is 308 g/mol. The van der Waals surface area contributed by atoms with Gasteiger partial charge in [0.15, 0.2) is 0 Å². The number of hydrogen-bond acceptors (Lipinski definition) is 2. The third kappa shape index (κ3) is 11.0. The maximum absolute atomic E-state index is 11.8. The maximum Gasteiger partial charge on any atom is 0.306 e. The van der Waals surface area contributed by atoms with Crippen LogP contribution in [-0.4, -0.2) is 12.6 Å². The van der Waals surface area contributed by atoms with Gasteiger partial charge < -0.3 is 4.74 Å². The summed E-state index contributed by atoms with van der Waals surface area (Å²) in [4.78, 5) is 11.8. The first kappa shape index (κ1) is 21.7. The molecule has 1 rings (SSSR count). The quantitative estimate of drug-likeness (QED) is 0.344. The molecule has 0 aliphatic heterocycles. The molecule has 2 heteroatoms. The average Bonchev–Trinajstić information content (AvgIpc) is 2.54. The van der Waals surface area contributed by atoms with Gasteiger partial charge in [0.25, 0.3) is 0 Å². The minimum atomic E-state index is -0.0667. The molecule has 0 bridgehead atoms. The zero-order chi connectivity index (χ0) is 18.7. The van der Waals surface area contributed by atoms with Gasteiger partial charge in [-0.3, -0.25) is 4.79 Å². The van der Waals surface area contributed by atoms with Crippen molar-refractivity contribution in [2.24, 2.45) is 11.3 Å². The molecule has 0 aromatic heterocycles. The van der Waals surface area contributed by atoms with E-state index < -0.39 is 0 Å². The molecule has 0 saturated carbocycles. The van der Waals surface area contributed by atoms with E-state index >= 15 is 0 Å². The first-order valence-corrected chi connectivity index (χ1v) is 10.0. The van der Waals surface area contributed by atoms with Gasteiger partial charge in [-0.25, -0.2) is 0 Å². The third-order valence-corrected chi connectivity index (χ3v) is 4.58. The molecule has 0 spiro atoms. The van der Waals surface area contributed by atoms with Crippen LogP contribution in [0.25, 0.3) is 0 Å². The van der Waals surface area contributed by atoms with Crippen LogP contribution in [0.2, 0.25) is 0 Å². The van der Waals surface area contributed by atoms with Gasteiger partial charge in [-0.05, 0) is 48.1 Å². The third-order valence-electron chi connectivity index (χ3n) is 4.58. The van der Waals surface area contributed by atoms with E-state index in [0.29, 0.717) is 18.4 Å². The topological polar surface area (TPSA) is 26.3 Å². The van der Waals surface area contributed by atoms with Crippen molar-refractivity contribution in [3.63, 3.8) is 0 Å². The minimum absolute atomic E-state index is 0.0667. The molecule has 0 saturated heterocycles. The number of aryl methyl sites for hydroxylation is 2. The van der Waals surface area contributed by atoms with E-state index in [1.807, 2.05) is 0 Å². The summed E-state index contributed by atoms with van der Waals surface area (Å²) in [6.07, 6.45) is 8.22. The van der Waals surface area contributed by atoms with Crippen molar-refractivity contribution in [2.75, 3.05) is 6.61 Å². The zero-order valence-corrected chi connectivity index (χ0v) is 17.1. The molecule has 0 fully saturated rings. The van der Waals surface area contributed by atoms with Crippen molar-refractivity contribution in [3.8, 4) is 0 Å². The fourth-order valence-electron chi connectivity index (χ4n) is 3.43. The molecule has 0 radical (unpaired) electrons. The smallest absolute Gasteiger partial charge is 0.306 e. The van der Waals surface area contributed by atoms with Gasteiger partial charge >= 0.3 is 5.97 Å². The van der Waals surface area contributed by atoms with Crippen LogP contribution in [0.4, 0.5) is 0 Å². The molecule has 142 valence electrons. The molecule has 25 heavy (non-hydrogen) atoms. The predicted octanol–water partition coefficient (Wildman–Crippen LogP) is 6.36. The summed E-state index contributed by atoms with van der Waals surface area (Å²) in [5, 5.41) is 0. The van der Waals surface area contributed by atoms with E-state index in [0.717, 1.165) is 31.6 Å². The Morgan fingerprint density at radius 1 is 1.12 bits per heavy atom. The van der Waals surface area contributed by atoms with Crippen LogP contribution >= 0.6 is 0 Å². The Hall–Kier alpha value is -1.31. The Balaban J connectivity index is 2.07. The molecule has 1 atom stereocenters. The summed E-state index contributed by atoms with van der Waals surface area (Å²) in [7, 11) is 0. The summed E-state index contributed by atoms with van der Waals surface area (Å²) in [6, 6.07) is 8.47. The Morgan fingerprint density at radius 3 is 2.52 bits per heavy atom. The first-order valence-electron chi connectivity index (χ1n) is 10.0. The van der Waals surface area contributed by atoms with E-state index in [2.05, 4.69) is 58.9 Å². The Kier molecular flexibility index (Phi) is 9.85. The van der Waals surface area contributed by atoms with Crippen molar-refractivity contribution in [1.29, 1.82) is 0 Å². The van der Waals surface area contributed by atoms with E-state index in [-0.39, 0.29) is 5.97 Å². The largest absolute Gasteiger partial charge is 0.466 e. The van der Waals surface area contributed by atoms with Crippen LogP contribution < -0.4 is 0 Å². The molecule has 0 aliphatic rings. The highest BCUT2D eigenvalue weighted by Crippen LogP contribution is 2.27. The second kappa shape index (κ2) is 11.3. The fourth-order valence-corrected chi connectivity index (χ4v) is 3.43. The van der Waals surface area contributed by atoms with E-state index in [4.69, 9.17) is 4.74 Å². The number of ether oxygens (including phenoxy) is 1. The normalized spacial score (nSPS) is 12.8. The number of carbonyl (C=O) groups excluding carboxylic acids is 1. The van der Waals surface area contributed by atoms with E-state index in [9.17, 15) is 4.79 Å². The van der Waals surface area contributed by atoms with Crippen LogP contribution in [0.1, 0.15) is 84.3 Å². The maximum atomic E-state index is 11.8. The van der Waals surface area contributed by atoms with Crippen LogP contribution in [0.5, 0.6) is 0 Å². The van der Waals surface area contributed by atoms with Gasteiger partial charge in [0.05, 0.1) is 6.61 Å². The Labute approximate surface area is 155 Å². The molecular formula is C23H38O2. The highest BCUT2D eigenvalue weighted by Gasteiger charge is 2.14. The number of benzene rings is 1. The molecule has 2 nitrogen and oxygen atoms in total. The summed E-state index contributed by atoms with van der Waals surface area (Å²) in [6.45, 7) is 12.0. The molecule has 0 amide bonds. The molecule has 0 N–H and O–H groups in total. The molecule has 0 aliphatic carbocycles. The lowest BCUT2D eigenvalue weighted by atomic mass is 9.83. The van der Waals surface area contributed by atoms with Crippen LogP contribution in [0, 0.1) is 11.3 Å². The van der Waals surface area contributed by atoms with Crippen molar-refractivity contribution >= 4 is 5.97 Å². The minimum Gasteiger partial charge on any atom is -0.466 e. The average molecular weight is 347 g/mol. The van der Waals surface area contributed by atoms with Crippen molar-refractivity contribution < 1.29 is 9.53 Å². The van der Waals surface area contributed by atoms with Crippen molar-refractivity contribution in [1.82, 2.24) is 0 Å². The monoisotopic (exact) mass is 346 g/mol. The van der Waals surface area contributed by atoms with Gasteiger partial charge in [-0.2, -0.15) is 0 Å². The van der Waals surface area contributed by atoms with E-state index in [1.54, 1.807) is 0 Å². The van der Waals surface area contributed by atoms with Gasteiger partial charge in [0.2, 0.25) is 0 Å². The van der Waals surface area contributed by atoms with Crippen LogP contribution in [0.15, 0.2) is 24.3 Å². The summed E-state index contributed by atoms with van der Waals surface area (Å²) >= 11 is 0. The molecule has 0 heterocycles. The highest BCUT2D eigenvalue weighted by molar-refractivity contribution is 5.69. The zero-order valence-electron chi connectivity index (χ0n) is 17.1. The van der Waals surface area contributed by atoms with Gasteiger partial charge in [-0.1, -0.05) is 78.1 Å². The van der Waals surface area contributed by atoms with Crippen LogP contribution in [0.3, 0.4) is 0 Å². The summed E-state index contributed by atoms with van der Waals surface area (Å²) in [5.74, 6) is 0.712. The summed E-state index contributed by atoms with van der Waals surface area (Å²) in [5.41, 5.74) is 2.97. The highest BCUT2D eigenvalue weighted by atomic mass is 16.5. The Morgan fingerprint density at radius 2 is 1.84 bits per heavy atom. The predicted molar refractivity (Wildman–Crippen MR) is 107 cm³/mol. The lowest BCUT2D eigenvalue weighted by molar-refractivity contribution is -0.143. The molecule has 1 unspecified atom stereocenters. The number of carbonyl (C=O) groups is 1. The number of esters is 1. The van der Waals surface area contributed by atoms with E-state index in [1.165, 1.54) is 30.4 Å². The standard InChI is InChI=1S/C23H38O2/c1-6-20-12-10-13-21(17-20)14-15-22(24)25-16-9-7-8-11-19(2)18-23(3,4)5/h10,12-13,17,19H,6-9,11,14-16,18H2,1-5H3. The van der Waals surface area contributed by atoms with Gasteiger partial charge in [0, 0.05) is 6.42 Å². The number of unbranched alkanes of at least 4 members (excludes halogenated alkanes) is 2. The first-order chi connectivity index (χ1) is 11.8. The molecule has 1 aromatic carbocycles. The Bertz CT molecular complexity index is 499. The van der Waals surface area contributed by atoms with Gasteiger partial charge in [0.1, 0.15) is 0 Å². The number of rotatable bonds is 11. The SMILES string of the molecule is CCc1cccc(CCC(=O)OCCCCCC(C)CC(C)(C)C)c1. The van der Waals surface area contributed by atoms with Crippen molar-refractivity contribution in [2.45, 2.75) is 86.0 Å². The fraction of sp³-hybridized carbons (Fsp3) is 0.696. The van der Waals surface area contributed by atoms with Crippen molar-refractivity contribution in [3.05, 3.63) is 35.4 Å². The van der Waals surface area contributed by atoms with Crippen LogP contribution in [-0.2, 0) is 22.4 Å². The van der Waals surface area contributed by atoms with Gasteiger partial charge in [-0.15, -0.1) is 0 Å². The second-order valence-electron chi connectivity index (χ2n) is 8.61.